The highest BCUT2D eigenvalue weighted by Crippen LogP contribution is 2.24. The van der Waals surface area contributed by atoms with Crippen LogP contribution in [0, 0.1) is 0 Å². The standard InChI is InChI=1S/C16H15BrN4O2S/c17-14-8-4-5-9-16(14)24(22,23)20-15(12-21-18-10-11-19-21)13-6-2-1-3-7-13/h1-11,15,20H,12H2/t15-/m1/s1. The molecule has 0 fully saturated rings. The van der Waals surface area contributed by atoms with Gasteiger partial charge in [0.25, 0.3) is 0 Å². The minimum absolute atomic E-state index is 0.194. The lowest BCUT2D eigenvalue weighted by Gasteiger charge is -2.19. The van der Waals surface area contributed by atoms with Crippen LogP contribution in [0.3, 0.4) is 0 Å². The SMILES string of the molecule is O=S(=O)(N[C@H](Cn1nccn1)c1ccccc1)c1ccccc1Br. The molecule has 1 heterocycles. The van der Waals surface area contributed by atoms with Gasteiger partial charge in [-0.2, -0.15) is 15.0 Å². The number of halogens is 1. The third kappa shape index (κ3) is 3.89. The molecule has 0 spiro atoms. The molecule has 0 aliphatic carbocycles. The fraction of sp³-hybridized carbons (Fsp3) is 0.125. The molecule has 124 valence electrons. The highest BCUT2D eigenvalue weighted by molar-refractivity contribution is 9.10. The first-order valence-electron chi connectivity index (χ1n) is 7.22. The summed E-state index contributed by atoms with van der Waals surface area (Å²) < 4.78 is 28.8. The molecule has 2 aromatic carbocycles. The normalized spacial score (nSPS) is 12.9. The molecule has 8 heteroatoms. The smallest absolute Gasteiger partial charge is 0.207 e. The minimum Gasteiger partial charge on any atom is -0.207 e. The Labute approximate surface area is 148 Å². The van der Waals surface area contributed by atoms with Gasteiger partial charge in [-0.25, -0.2) is 13.1 Å². The van der Waals surface area contributed by atoms with E-state index >= 15 is 0 Å². The summed E-state index contributed by atoms with van der Waals surface area (Å²) in [6.45, 7) is 0.292. The van der Waals surface area contributed by atoms with E-state index in [9.17, 15) is 8.42 Å². The summed E-state index contributed by atoms with van der Waals surface area (Å²) in [6.07, 6.45) is 3.12. The van der Waals surface area contributed by atoms with Crippen LogP contribution in [0.25, 0.3) is 0 Å². The van der Waals surface area contributed by atoms with Gasteiger partial charge >= 0.3 is 0 Å². The summed E-state index contributed by atoms with van der Waals surface area (Å²) >= 11 is 3.29. The van der Waals surface area contributed by atoms with Gasteiger partial charge in [-0.1, -0.05) is 42.5 Å². The lowest BCUT2D eigenvalue weighted by atomic mass is 10.1. The molecular weight excluding hydrogens is 392 g/mol. The first-order valence-corrected chi connectivity index (χ1v) is 9.50. The number of benzene rings is 2. The van der Waals surface area contributed by atoms with Crippen LogP contribution >= 0.6 is 15.9 Å². The molecule has 0 radical (unpaired) electrons. The zero-order chi connectivity index (χ0) is 17.0. The number of nitrogens with zero attached hydrogens (tertiary/aromatic N) is 3. The Morgan fingerprint density at radius 3 is 2.29 bits per heavy atom. The van der Waals surface area contributed by atoms with Crippen molar-refractivity contribution in [1.29, 1.82) is 0 Å². The molecule has 6 nitrogen and oxygen atoms in total. The van der Waals surface area contributed by atoms with E-state index in [0.29, 0.717) is 11.0 Å². The molecule has 24 heavy (non-hydrogen) atoms. The van der Waals surface area contributed by atoms with Crippen molar-refractivity contribution in [2.24, 2.45) is 0 Å². The molecule has 1 atom stereocenters. The van der Waals surface area contributed by atoms with Crippen molar-refractivity contribution in [1.82, 2.24) is 19.7 Å². The molecule has 1 N–H and O–H groups in total. The summed E-state index contributed by atoms with van der Waals surface area (Å²) in [5.41, 5.74) is 0.838. The van der Waals surface area contributed by atoms with E-state index in [1.165, 1.54) is 4.80 Å². The Balaban J connectivity index is 1.93. The van der Waals surface area contributed by atoms with Gasteiger partial charge in [-0.15, -0.1) is 0 Å². The largest absolute Gasteiger partial charge is 0.242 e. The summed E-state index contributed by atoms with van der Waals surface area (Å²) in [5, 5.41) is 8.13. The molecule has 0 saturated heterocycles. The Bertz CT molecular complexity index is 899. The third-order valence-corrected chi connectivity index (χ3v) is 5.92. The average molecular weight is 407 g/mol. The molecule has 3 aromatic rings. The van der Waals surface area contributed by atoms with E-state index in [4.69, 9.17) is 0 Å². The van der Waals surface area contributed by atoms with Crippen molar-refractivity contribution < 1.29 is 8.42 Å². The molecule has 0 aliphatic heterocycles. The quantitative estimate of drug-likeness (QED) is 0.682. The lowest BCUT2D eigenvalue weighted by Crippen LogP contribution is -2.32. The topological polar surface area (TPSA) is 76.9 Å². The van der Waals surface area contributed by atoms with Gasteiger partial charge in [0.15, 0.2) is 0 Å². The number of hydrogen-bond acceptors (Lipinski definition) is 4. The molecule has 0 amide bonds. The van der Waals surface area contributed by atoms with Crippen LogP contribution in [0.15, 0.2) is 76.4 Å². The number of hydrogen-bond donors (Lipinski definition) is 1. The first kappa shape index (κ1) is 16.8. The maximum absolute atomic E-state index is 12.8. The number of sulfonamides is 1. The molecule has 0 saturated carbocycles. The van der Waals surface area contributed by atoms with Crippen LogP contribution in [0.1, 0.15) is 11.6 Å². The van der Waals surface area contributed by atoms with Gasteiger partial charge in [0.05, 0.1) is 29.9 Å². The summed E-state index contributed by atoms with van der Waals surface area (Å²) in [6, 6.07) is 15.6. The lowest BCUT2D eigenvalue weighted by molar-refractivity contribution is 0.444. The molecular formula is C16H15BrN4O2S. The Hall–Kier alpha value is -2.03. The van der Waals surface area contributed by atoms with E-state index in [1.807, 2.05) is 30.3 Å². The Morgan fingerprint density at radius 1 is 1.00 bits per heavy atom. The average Bonchev–Trinajstić information content (AvgIpc) is 3.08. The van der Waals surface area contributed by atoms with Gasteiger partial charge in [-0.3, -0.25) is 0 Å². The summed E-state index contributed by atoms with van der Waals surface area (Å²) in [5.74, 6) is 0. The second-order valence-corrected chi connectivity index (χ2v) is 7.64. The van der Waals surface area contributed by atoms with E-state index in [-0.39, 0.29) is 4.90 Å². The summed E-state index contributed by atoms with van der Waals surface area (Å²) in [7, 11) is -3.71. The van der Waals surface area contributed by atoms with Gasteiger partial charge in [0.2, 0.25) is 10.0 Å². The fourth-order valence-corrected chi connectivity index (χ4v) is 4.53. The van der Waals surface area contributed by atoms with Crippen LogP contribution < -0.4 is 4.72 Å². The van der Waals surface area contributed by atoms with Gasteiger partial charge < -0.3 is 0 Å². The molecule has 1 aromatic heterocycles. The predicted molar refractivity (Wildman–Crippen MR) is 93.7 cm³/mol. The van der Waals surface area contributed by atoms with Crippen molar-refractivity contribution in [3.05, 3.63) is 77.0 Å². The van der Waals surface area contributed by atoms with Crippen LogP contribution in [-0.4, -0.2) is 23.4 Å². The highest BCUT2D eigenvalue weighted by atomic mass is 79.9. The van der Waals surface area contributed by atoms with Crippen LogP contribution in [0.4, 0.5) is 0 Å². The first-order chi connectivity index (χ1) is 11.6. The zero-order valence-electron chi connectivity index (χ0n) is 12.6. The van der Waals surface area contributed by atoms with Crippen LogP contribution in [-0.2, 0) is 16.6 Å². The van der Waals surface area contributed by atoms with Crippen molar-refractivity contribution in [3.8, 4) is 0 Å². The maximum atomic E-state index is 12.8. The van der Waals surface area contributed by atoms with E-state index in [1.54, 1.807) is 36.7 Å². The highest BCUT2D eigenvalue weighted by Gasteiger charge is 2.24. The Morgan fingerprint density at radius 2 is 1.62 bits per heavy atom. The molecule has 0 bridgehead atoms. The molecule has 3 rings (SSSR count). The minimum atomic E-state index is -3.71. The maximum Gasteiger partial charge on any atom is 0.242 e. The predicted octanol–water partition coefficient (Wildman–Crippen LogP) is 2.76. The van der Waals surface area contributed by atoms with Crippen molar-refractivity contribution in [2.45, 2.75) is 17.5 Å². The van der Waals surface area contributed by atoms with Gasteiger partial charge in [0.1, 0.15) is 0 Å². The van der Waals surface area contributed by atoms with Crippen molar-refractivity contribution >= 4 is 26.0 Å². The summed E-state index contributed by atoms with van der Waals surface area (Å²) in [4.78, 5) is 1.65. The molecule has 0 aliphatic rings. The number of nitrogens with one attached hydrogen (secondary N) is 1. The van der Waals surface area contributed by atoms with Gasteiger partial charge in [-0.05, 0) is 33.6 Å². The second kappa shape index (κ2) is 7.25. The van der Waals surface area contributed by atoms with Crippen LogP contribution in [0.2, 0.25) is 0 Å². The van der Waals surface area contributed by atoms with Gasteiger partial charge in [0, 0.05) is 4.47 Å². The number of rotatable bonds is 6. The molecule has 0 unspecified atom stereocenters. The van der Waals surface area contributed by atoms with Crippen LogP contribution in [0.5, 0.6) is 0 Å². The van der Waals surface area contributed by atoms with E-state index in [0.717, 1.165) is 5.56 Å². The Kier molecular flexibility index (Phi) is 5.08. The van der Waals surface area contributed by atoms with Crippen molar-refractivity contribution in [3.63, 3.8) is 0 Å². The van der Waals surface area contributed by atoms with Crippen molar-refractivity contribution in [2.75, 3.05) is 0 Å². The zero-order valence-corrected chi connectivity index (χ0v) is 15.0. The van der Waals surface area contributed by atoms with E-state index < -0.39 is 16.1 Å². The number of aromatic nitrogens is 3. The fourth-order valence-electron chi connectivity index (χ4n) is 2.31. The third-order valence-electron chi connectivity index (χ3n) is 3.44. The monoisotopic (exact) mass is 406 g/mol. The second-order valence-electron chi connectivity index (χ2n) is 5.10. The van der Waals surface area contributed by atoms with E-state index in [2.05, 4.69) is 30.8 Å².